The van der Waals surface area contributed by atoms with Crippen molar-refractivity contribution in [3.8, 4) is 0 Å². The van der Waals surface area contributed by atoms with Crippen molar-refractivity contribution in [2.45, 2.75) is 167 Å². The van der Waals surface area contributed by atoms with Crippen molar-refractivity contribution in [2.24, 2.45) is 11.8 Å². The van der Waals surface area contributed by atoms with Gasteiger partial charge in [0.25, 0.3) is 5.79 Å². The highest BCUT2D eigenvalue weighted by atomic mass is 19.1. The van der Waals surface area contributed by atoms with Crippen LogP contribution in [0.4, 0.5) is 8.78 Å². The Morgan fingerprint density at radius 1 is 0.667 bits per heavy atom. The number of ether oxygens (including phenoxy) is 2. The number of hydrogen-bond acceptors (Lipinski definition) is 4. The van der Waals surface area contributed by atoms with E-state index in [1.165, 1.54) is 32.1 Å². The quantitative estimate of drug-likeness (QED) is 0.110. The Hall–Kier alpha value is -1.20. The molecule has 0 aromatic carbocycles. The summed E-state index contributed by atoms with van der Waals surface area (Å²) in [5.41, 5.74) is 0. The lowest BCUT2D eigenvalue weighted by atomic mass is 9.72. The second kappa shape index (κ2) is 17.3. The summed E-state index contributed by atoms with van der Waals surface area (Å²) in [6.07, 6.45) is 14.6. The van der Waals surface area contributed by atoms with Gasteiger partial charge in [-0.05, 0) is 50.4 Å². The Balaban J connectivity index is 1.94. The lowest BCUT2D eigenvalue weighted by Crippen LogP contribution is -2.47. The average Bonchev–Trinajstić information content (AvgIpc) is 2.89. The van der Waals surface area contributed by atoms with Gasteiger partial charge in [-0.25, -0.2) is 18.4 Å². The van der Waals surface area contributed by atoms with Crippen LogP contribution in [0.15, 0.2) is 0 Å². The summed E-state index contributed by atoms with van der Waals surface area (Å²) >= 11 is 0. The molecule has 0 N–H and O–H groups in total. The fraction of sp³-hybridized carbons (Fsp3) is 0.933. The lowest BCUT2D eigenvalue weighted by molar-refractivity contribution is -0.248. The molecule has 2 fully saturated rings. The van der Waals surface area contributed by atoms with E-state index < -0.39 is 30.1 Å². The average molecular weight is 515 g/mol. The second-order valence-electron chi connectivity index (χ2n) is 11.3. The lowest BCUT2D eigenvalue weighted by Gasteiger charge is -2.42. The van der Waals surface area contributed by atoms with E-state index in [1.807, 2.05) is 0 Å². The predicted molar refractivity (Wildman–Crippen MR) is 140 cm³/mol. The van der Waals surface area contributed by atoms with E-state index in [0.717, 1.165) is 64.2 Å². The van der Waals surface area contributed by atoms with Gasteiger partial charge >= 0.3 is 11.9 Å². The molecule has 0 saturated heterocycles. The van der Waals surface area contributed by atoms with E-state index >= 15 is 0 Å². The van der Waals surface area contributed by atoms with Crippen LogP contribution in [0.5, 0.6) is 0 Å². The zero-order valence-corrected chi connectivity index (χ0v) is 23.0. The highest BCUT2D eigenvalue weighted by Gasteiger charge is 2.46. The minimum absolute atomic E-state index is 0.112. The van der Waals surface area contributed by atoms with Crippen LogP contribution in [-0.2, 0) is 19.1 Å². The van der Waals surface area contributed by atoms with Crippen LogP contribution in [-0.4, -0.2) is 30.1 Å². The van der Waals surface area contributed by atoms with Crippen molar-refractivity contribution in [3.63, 3.8) is 0 Å². The van der Waals surface area contributed by atoms with Crippen molar-refractivity contribution in [1.82, 2.24) is 0 Å². The van der Waals surface area contributed by atoms with Gasteiger partial charge in [0.2, 0.25) is 0 Å². The maximum atomic E-state index is 14.7. The number of halogens is 2. The molecule has 6 heteroatoms. The number of carbonyl (C=O) groups is 2. The molecule has 2 aliphatic carbocycles. The van der Waals surface area contributed by atoms with Gasteiger partial charge in [-0.1, -0.05) is 97.3 Å². The summed E-state index contributed by atoms with van der Waals surface area (Å²) < 4.78 is 40.6. The smallest absolute Gasteiger partial charge is 0.343 e. The Morgan fingerprint density at radius 2 is 1.08 bits per heavy atom. The molecule has 0 heterocycles. The summed E-state index contributed by atoms with van der Waals surface area (Å²) in [6.45, 7) is 4.24. The van der Waals surface area contributed by atoms with Gasteiger partial charge in [0.05, 0.1) is 0 Å². The van der Waals surface area contributed by atoms with E-state index in [-0.39, 0.29) is 12.8 Å². The molecule has 0 radical (unpaired) electrons. The fourth-order valence-corrected chi connectivity index (χ4v) is 5.97. The van der Waals surface area contributed by atoms with Crippen molar-refractivity contribution in [2.75, 3.05) is 0 Å². The highest BCUT2D eigenvalue weighted by molar-refractivity contribution is 5.77. The van der Waals surface area contributed by atoms with Crippen LogP contribution < -0.4 is 0 Å². The molecule has 2 aliphatic rings. The van der Waals surface area contributed by atoms with Gasteiger partial charge in [0.1, 0.15) is 0 Å². The molecule has 0 aromatic heterocycles. The van der Waals surface area contributed by atoms with Gasteiger partial charge < -0.3 is 9.47 Å². The first-order valence-corrected chi connectivity index (χ1v) is 15.1. The SMILES string of the molecule is CCCCCCC[C@H](F)C(=O)OC1(OC(=O)[C@@H](F)CCCCCCC)CCC(C2CCCCC2)CC1. The first kappa shape index (κ1) is 31.0. The normalized spacial score (nSPS) is 20.6. The molecule has 0 spiro atoms. The third-order valence-corrected chi connectivity index (χ3v) is 8.32. The molecular formula is C30H52F2O4. The number of hydrogen-bond donors (Lipinski definition) is 0. The predicted octanol–water partition coefficient (Wildman–Crippen LogP) is 8.94. The molecular weight excluding hydrogens is 462 g/mol. The van der Waals surface area contributed by atoms with Gasteiger partial charge in [-0.2, -0.15) is 0 Å². The van der Waals surface area contributed by atoms with Gasteiger partial charge in [-0.3, -0.25) is 0 Å². The van der Waals surface area contributed by atoms with Gasteiger partial charge in [0.15, 0.2) is 12.3 Å². The summed E-state index contributed by atoms with van der Waals surface area (Å²) in [5.74, 6) is -2.32. The minimum atomic E-state index is -1.74. The van der Waals surface area contributed by atoms with E-state index in [2.05, 4.69) is 13.8 Å². The highest BCUT2D eigenvalue weighted by Crippen LogP contribution is 2.43. The van der Waals surface area contributed by atoms with Crippen LogP contribution in [0.2, 0.25) is 0 Å². The van der Waals surface area contributed by atoms with Gasteiger partial charge in [0, 0.05) is 12.8 Å². The monoisotopic (exact) mass is 514 g/mol. The van der Waals surface area contributed by atoms with Crippen LogP contribution in [0, 0.1) is 11.8 Å². The molecule has 0 bridgehead atoms. The van der Waals surface area contributed by atoms with E-state index in [4.69, 9.17) is 9.47 Å². The van der Waals surface area contributed by atoms with Crippen molar-refractivity contribution in [1.29, 1.82) is 0 Å². The Morgan fingerprint density at radius 3 is 1.53 bits per heavy atom. The zero-order chi connectivity index (χ0) is 26.2. The second-order valence-corrected chi connectivity index (χ2v) is 11.3. The van der Waals surface area contributed by atoms with Crippen LogP contribution in [0.25, 0.3) is 0 Å². The maximum Gasteiger partial charge on any atom is 0.343 e. The summed E-state index contributed by atoms with van der Waals surface area (Å²) in [6, 6.07) is 0. The molecule has 36 heavy (non-hydrogen) atoms. The van der Waals surface area contributed by atoms with Gasteiger partial charge in [-0.15, -0.1) is 0 Å². The van der Waals surface area contributed by atoms with Crippen molar-refractivity contribution >= 4 is 11.9 Å². The Kier molecular flexibility index (Phi) is 14.9. The summed E-state index contributed by atoms with van der Waals surface area (Å²) in [7, 11) is 0. The van der Waals surface area contributed by atoms with E-state index in [9.17, 15) is 18.4 Å². The molecule has 2 rings (SSSR count). The zero-order valence-electron chi connectivity index (χ0n) is 23.0. The summed E-state index contributed by atoms with van der Waals surface area (Å²) in [5, 5.41) is 0. The van der Waals surface area contributed by atoms with Crippen LogP contribution >= 0.6 is 0 Å². The molecule has 210 valence electrons. The number of unbranched alkanes of at least 4 members (excludes halogenated alkanes) is 8. The summed E-state index contributed by atoms with van der Waals surface area (Å²) in [4.78, 5) is 25.3. The van der Waals surface area contributed by atoms with E-state index in [0.29, 0.717) is 37.5 Å². The number of esters is 2. The van der Waals surface area contributed by atoms with Crippen molar-refractivity contribution in [3.05, 3.63) is 0 Å². The molecule has 2 saturated carbocycles. The largest absolute Gasteiger partial charge is 0.420 e. The first-order valence-electron chi connectivity index (χ1n) is 15.1. The molecule has 0 amide bonds. The van der Waals surface area contributed by atoms with Crippen LogP contribution in [0.3, 0.4) is 0 Å². The standard InChI is InChI=1S/C30H52F2O4/c1-3-5-7-9-14-18-26(31)28(33)35-30(36-29(34)27(32)19-15-10-8-6-4-2)22-20-25(21-23-30)24-16-12-11-13-17-24/h24-27H,3-23H2,1-2H3/t26-,27-/m0/s1. The molecule has 0 unspecified atom stereocenters. The number of rotatable bonds is 17. The minimum Gasteiger partial charge on any atom is -0.420 e. The fourth-order valence-electron chi connectivity index (χ4n) is 5.97. The maximum absolute atomic E-state index is 14.7. The molecule has 4 nitrogen and oxygen atoms in total. The topological polar surface area (TPSA) is 52.6 Å². The number of alkyl halides is 2. The van der Waals surface area contributed by atoms with Crippen molar-refractivity contribution < 1.29 is 27.8 Å². The third-order valence-electron chi connectivity index (χ3n) is 8.32. The Labute approximate surface area is 218 Å². The molecule has 0 aromatic rings. The van der Waals surface area contributed by atoms with E-state index in [1.54, 1.807) is 0 Å². The number of carbonyl (C=O) groups excluding carboxylic acids is 2. The molecule has 2 atom stereocenters. The molecule has 0 aliphatic heterocycles. The van der Waals surface area contributed by atoms with Crippen LogP contribution in [0.1, 0.15) is 149 Å². The first-order chi connectivity index (χ1) is 17.4. The third kappa shape index (κ3) is 11.0. The Bertz CT molecular complexity index is 576.